The van der Waals surface area contributed by atoms with E-state index in [1.807, 2.05) is 68.4 Å². The molecule has 13 heteroatoms. The topological polar surface area (TPSA) is 145 Å². The number of nitrogens with zero attached hydrogens (tertiary/aromatic N) is 2. The van der Waals surface area contributed by atoms with Gasteiger partial charge >= 0.3 is 6.09 Å². The number of ether oxygens (including phenoxy) is 5. The van der Waals surface area contributed by atoms with Gasteiger partial charge in [-0.3, -0.25) is 19.3 Å². The average molecular weight is 669 g/mol. The van der Waals surface area contributed by atoms with Crippen LogP contribution in [0.25, 0.3) is 0 Å². The molecule has 0 aliphatic carbocycles. The van der Waals surface area contributed by atoms with Gasteiger partial charge in [-0.1, -0.05) is 62.7 Å². The number of amides is 4. The molecule has 2 aliphatic heterocycles. The lowest BCUT2D eigenvalue weighted by Crippen LogP contribution is -2.56. The maximum atomic E-state index is 13.4. The highest BCUT2D eigenvalue weighted by Gasteiger charge is 2.37. The van der Waals surface area contributed by atoms with Crippen molar-refractivity contribution >= 4 is 23.8 Å². The minimum absolute atomic E-state index is 0.101. The summed E-state index contributed by atoms with van der Waals surface area (Å²) in [6.07, 6.45) is 1.14. The smallest absolute Gasteiger partial charge is 0.410 e. The zero-order valence-corrected chi connectivity index (χ0v) is 27.9. The predicted molar refractivity (Wildman–Crippen MR) is 176 cm³/mol. The molecule has 2 heterocycles. The molecule has 1 saturated heterocycles. The number of benzene rings is 2. The van der Waals surface area contributed by atoms with E-state index in [0.717, 1.165) is 5.56 Å². The predicted octanol–water partition coefficient (Wildman–Crippen LogP) is 2.77. The monoisotopic (exact) mass is 668 g/mol. The van der Waals surface area contributed by atoms with Gasteiger partial charge in [0.05, 0.1) is 33.0 Å². The van der Waals surface area contributed by atoms with Gasteiger partial charge in [0.15, 0.2) is 11.5 Å². The fraction of sp³-hybridized carbons (Fsp3) is 0.543. The summed E-state index contributed by atoms with van der Waals surface area (Å²) >= 11 is 0. The Bertz CT molecular complexity index is 1290. The summed E-state index contributed by atoms with van der Waals surface area (Å²) in [7, 11) is 0. The number of rotatable bonds is 9. The summed E-state index contributed by atoms with van der Waals surface area (Å²) < 4.78 is 28.4. The summed E-state index contributed by atoms with van der Waals surface area (Å²) in [5.74, 6) is -0.180. The lowest BCUT2D eigenvalue weighted by atomic mass is 9.97. The van der Waals surface area contributed by atoms with Crippen molar-refractivity contribution < 1.29 is 42.9 Å². The van der Waals surface area contributed by atoms with Crippen LogP contribution in [0.15, 0.2) is 54.6 Å². The summed E-state index contributed by atoms with van der Waals surface area (Å²) in [4.78, 5) is 55.9. The Kier molecular flexibility index (Phi) is 14.8. The highest BCUT2D eigenvalue weighted by atomic mass is 16.6. The number of fused-ring (bicyclic) bond motifs is 1. The minimum atomic E-state index is -0.892. The Hall–Kier alpha value is -4.36. The van der Waals surface area contributed by atoms with E-state index in [4.69, 9.17) is 23.7 Å². The van der Waals surface area contributed by atoms with Crippen molar-refractivity contribution in [1.29, 1.82) is 0 Å². The molecule has 0 spiro atoms. The van der Waals surface area contributed by atoms with Crippen molar-refractivity contribution in [2.75, 3.05) is 65.8 Å². The van der Waals surface area contributed by atoms with Gasteiger partial charge in [0.25, 0.3) is 0 Å². The second-order valence-electron chi connectivity index (χ2n) is 11.7. The van der Waals surface area contributed by atoms with Crippen molar-refractivity contribution in [1.82, 2.24) is 20.4 Å². The van der Waals surface area contributed by atoms with Crippen LogP contribution in [-0.4, -0.2) is 112 Å². The Morgan fingerprint density at radius 1 is 0.854 bits per heavy atom. The second-order valence-corrected chi connectivity index (χ2v) is 11.7. The van der Waals surface area contributed by atoms with Crippen LogP contribution in [0.2, 0.25) is 0 Å². The Morgan fingerprint density at radius 3 is 2.10 bits per heavy atom. The molecule has 2 aliphatic rings. The van der Waals surface area contributed by atoms with E-state index in [0.29, 0.717) is 76.8 Å². The second kappa shape index (κ2) is 19.5. The average Bonchev–Trinajstić information content (AvgIpc) is 3.61. The van der Waals surface area contributed by atoms with Crippen LogP contribution in [0.1, 0.15) is 38.7 Å². The number of carbonyl (C=O) groups is 4. The van der Waals surface area contributed by atoms with E-state index in [-0.39, 0.29) is 38.2 Å². The van der Waals surface area contributed by atoms with E-state index in [2.05, 4.69) is 10.6 Å². The van der Waals surface area contributed by atoms with Crippen LogP contribution < -0.4 is 20.1 Å². The first-order valence-corrected chi connectivity index (χ1v) is 16.7. The van der Waals surface area contributed by atoms with Crippen LogP contribution in [0.5, 0.6) is 11.5 Å². The first-order chi connectivity index (χ1) is 23.4. The molecule has 0 unspecified atom stereocenters. The molecule has 3 atom stereocenters. The molecule has 0 saturated carbocycles. The molecular weight excluding hydrogens is 620 g/mol. The third-order valence-corrected chi connectivity index (χ3v) is 8.39. The molecule has 13 nitrogen and oxygen atoms in total. The van der Waals surface area contributed by atoms with Gasteiger partial charge in [-0.05, 0) is 36.5 Å². The lowest BCUT2D eigenvalue weighted by Gasteiger charge is -2.28. The van der Waals surface area contributed by atoms with E-state index < -0.39 is 30.0 Å². The molecule has 2 aromatic rings. The number of likely N-dealkylation sites (tertiary alicyclic amines) is 1. The maximum absolute atomic E-state index is 13.4. The lowest BCUT2D eigenvalue weighted by molar-refractivity contribution is -0.136. The first-order valence-electron chi connectivity index (χ1n) is 16.7. The fourth-order valence-electron chi connectivity index (χ4n) is 5.42. The van der Waals surface area contributed by atoms with Crippen molar-refractivity contribution in [3.05, 3.63) is 60.2 Å². The molecular formula is C35H48N4O9. The summed E-state index contributed by atoms with van der Waals surface area (Å²) in [5.41, 5.74) is 0.846. The molecule has 4 amide bonds. The zero-order chi connectivity index (χ0) is 34.1. The molecule has 48 heavy (non-hydrogen) atoms. The van der Waals surface area contributed by atoms with Crippen LogP contribution in [0, 0.1) is 5.92 Å². The normalized spacial score (nSPS) is 18.8. The molecule has 0 radical (unpaired) electrons. The van der Waals surface area contributed by atoms with Gasteiger partial charge in [-0.25, -0.2) is 4.79 Å². The van der Waals surface area contributed by atoms with Crippen molar-refractivity contribution in [3.63, 3.8) is 0 Å². The molecule has 2 aromatic carbocycles. The molecule has 262 valence electrons. The number of hydrogen-bond acceptors (Lipinski definition) is 9. The summed E-state index contributed by atoms with van der Waals surface area (Å²) in [5, 5.41) is 5.57. The fourth-order valence-corrected chi connectivity index (χ4v) is 5.42. The van der Waals surface area contributed by atoms with Gasteiger partial charge < -0.3 is 39.2 Å². The Labute approximate surface area is 282 Å². The van der Waals surface area contributed by atoms with Crippen LogP contribution in [-0.2, 0) is 35.2 Å². The minimum Gasteiger partial charge on any atom is -0.487 e. The SMILES string of the molecule is CC[C@H](C)[C@H](NC(=O)[C@H]1CCCN1C(=O)OCc1ccccc1)C(=O)NCC(=O)N1CCOCCOc2ccccc2OCCOCC1. The first kappa shape index (κ1) is 36.5. The van der Waals surface area contributed by atoms with E-state index >= 15 is 0 Å². The number of carbonyl (C=O) groups excluding carboxylic acids is 4. The van der Waals surface area contributed by atoms with Gasteiger partial charge in [0, 0.05) is 19.6 Å². The van der Waals surface area contributed by atoms with Gasteiger partial charge in [-0.2, -0.15) is 0 Å². The van der Waals surface area contributed by atoms with Crippen LogP contribution >= 0.6 is 0 Å². The summed E-state index contributed by atoms with van der Waals surface area (Å²) in [6, 6.07) is 15.1. The van der Waals surface area contributed by atoms with E-state index in [1.54, 1.807) is 4.90 Å². The molecule has 1 fully saturated rings. The third-order valence-electron chi connectivity index (χ3n) is 8.39. The summed E-state index contributed by atoms with van der Waals surface area (Å²) in [6.45, 7) is 6.44. The van der Waals surface area contributed by atoms with E-state index in [1.165, 1.54) is 4.90 Å². The van der Waals surface area contributed by atoms with Crippen molar-refractivity contribution in [2.24, 2.45) is 5.92 Å². The highest BCUT2D eigenvalue weighted by molar-refractivity contribution is 5.93. The van der Waals surface area contributed by atoms with Crippen LogP contribution in [0.3, 0.4) is 0 Å². The van der Waals surface area contributed by atoms with Crippen molar-refractivity contribution in [2.45, 2.75) is 51.8 Å². The van der Waals surface area contributed by atoms with Gasteiger partial charge in [0.2, 0.25) is 17.7 Å². The number of hydrogen-bond donors (Lipinski definition) is 2. The standard InChI is InChI=1S/C35H48N4O9/c1-3-26(2)32(37-33(41)28-12-9-15-39(28)35(43)48-25-27-10-5-4-6-11-27)34(42)36-24-31(40)38-16-18-44-20-22-46-29-13-7-8-14-30(29)47-23-21-45-19-17-38/h4-8,10-11,13-14,26,28,32H,3,9,12,15-25H2,1-2H3,(H,36,42)(H,37,41)/t26-,28+,32-/m0/s1. The Morgan fingerprint density at radius 2 is 1.48 bits per heavy atom. The number of nitrogens with one attached hydrogen (secondary N) is 2. The molecule has 0 aromatic heterocycles. The molecule has 0 bridgehead atoms. The highest BCUT2D eigenvalue weighted by Crippen LogP contribution is 2.26. The van der Waals surface area contributed by atoms with Crippen molar-refractivity contribution in [3.8, 4) is 11.5 Å². The number of para-hydroxylation sites is 2. The largest absolute Gasteiger partial charge is 0.487 e. The maximum Gasteiger partial charge on any atom is 0.410 e. The molecule has 4 rings (SSSR count). The quantitative estimate of drug-likeness (QED) is 0.412. The Balaban J connectivity index is 1.28. The van der Waals surface area contributed by atoms with Crippen LogP contribution in [0.4, 0.5) is 4.79 Å². The third kappa shape index (κ3) is 11.1. The van der Waals surface area contributed by atoms with Gasteiger partial charge in [0.1, 0.15) is 31.9 Å². The van der Waals surface area contributed by atoms with Gasteiger partial charge in [-0.15, -0.1) is 0 Å². The zero-order valence-electron chi connectivity index (χ0n) is 27.9. The molecule has 2 N–H and O–H groups in total. The van der Waals surface area contributed by atoms with E-state index in [9.17, 15) is 19.2 Å².